The highest BCUT2D eigenvalue weighted by molar-refractivity contribution is 6.06. The van der Waals surface area contributed by atoms with E-state index in [4.69, 9.17) is 4.52 Å². The molecule has 7 nitrogen and oxygen atoms in total. The Hall–Kier alpha value is -2.70. The van der Waals surface area contributed by atoms with Crippen LogP contribution in [0.1, 0.15) is 58.7 Å². The van der Waals surface area contributed by atoms with E-state index in [9.17, 15) is 4.79 Å². The summed E-state index contributed by atoms with van der Waals surface area (Å²) in [4.78, 5) is 17.5. The molecular weight excluding hydrogens is 330 g/mol. The smallest absolute Gasteiger partial charge is 0.259 e. The maximum Gasteiger partial charge on any atom is 0.259 e. The van der Waals surface area contributed by atoms with Gasteiger partial charge in [0.25, 0.3) is 11.6 Å². The Bertz CT molecular complexity index is 983. The first kappa shape index (κ1) is 16.8. The summed E-state index contributed by atoms with van der Waals surface area (Å²) in [5.41, 5.74) is 4.80. The molecule has 1 atom stereocenters. The number of fused-ring (bicyclic) bond motifs is 1. The van der Waals surface area contributed by atoms with Gasteiger partial charge in [0.1, 0.15) is 0 Å². The van der Waals surface area contributed by atoms with Crippen molar-refractivity contribution in [2.75, 3.05) is 0 Å². The Balaban J connectivity index is 1.59. The minimum Gasteiger partial charge on any atom is -0.349 e. The van der Waals surface area contributed by atoms with E-state index < -0.39 is 0 Å². The standard InChI is InChI=1S/C19H23N5O2/c1-10(7-14-9-24(4)22-11(14)2)20-18(25)15-8-16(13-5-6-13)21-19-17(15)12(3)23-26-19/h8-10,13H,5-7H2,1-4H3,(H,20,25). The minimum atomic E-state index is -0.111. The predicted octanol–water partition coefficient (Wildman–Crippen LogP) is 2.81. The molecule has 0 radical (unpaired) electrons. The van der Waals surface area contributed by atoms with E-state index in [1.54, 1.807) is 4.68 Å². The van der Waals surface area contributed by atoms with E-state index in [2.05, 4.69) is 20.6 Å². The molecule has 1 amide bonds. The molecule has 1 N–H and O–H groups in total. The third-order valence-electron chi connectivity index (χ3n) is 4.90. The second-order valence-electron chi connectivity index (χ2n) is 7.31. The number of carbonyl (C=O) groups is 1. The SMILES string of the molecule is Cc1nn(C)cc1CC(C)NC(=O)c1cc(C2CC2)nc2onc(C)c12. The number of nitrogens with zero attached hydrogens (tertiary/aromatic N) is 4. The summed E-state index contributed by atoms with van der Waals surface area (Å²) in [6.45, 7) is 5.83. The van der Waals surface area contributed by atoms with Gasteiger partial charge in [0, 0.05) is 30.9 Å². The molecule has 0 aromatic carbocycles. The highest BCUT2D eigenvalue weighted by Gasteiger charge is 2.29. The predicted molar refractivity (Wildman–Crippen MR) is 97.1 cm³/mol. The van der Waals surface area contributed by atoms with E-state index in [-0.39, 0.29) is 11.9 Å². The van der Waals surface area contributed by atoms with Crippen LogP contribution in [0.5, 0.6) is 0 Å². The summed E-state index contributed by atoms with van der Waals surface area (Å²) in [6.07, 6.45) is 4.96. The number of rotatable bonds is 5. The van der Waals surface area contributed by atoms with E-state index in [0.29, 0.717) is 28.3 Å². The van der Waals surface area contributed by atoms with Gasteiger partial charge in [-0.2, -0.15) is 5.10 Å². The fourth-order valence-electron chi connectivity index (χ4n) is 3.41. The van der Waals surface area contributed by atoms with Crippen molar-refractivity contribution in [1.29, 1.82) is 0 Å². The van der Waals surface area contributed by atoms with Gasteiger partial charge in [-0.25, -0.2) is 4.98 Å². The first-order chi connectivity index (χ1) is 12.4. The van der Waals surface area contributed by atoms with Crippen LogP contribution >= 0.6 is 0 Å². The van der Waals surface area contributed by atoms with E-state index >= 15 is 0 Å². The average Bonchev–Trinajstić information content (AvgIpc) is 3.30. The molecule has 1 saturated carbocycles. The second kappa shape index (κ2) is 6.23. The Kier molecular flexibility index (Phi) is 4.01. The Morgan fingerprint density at radius 1 is 1.38 bits per heavy atom. The molecule has 3 heterocycles. The van der Waals surface area contributed by atoms with Crippen LogP contribution in [0.15, 0.2) is 16.8 Å². The maximum atomic E-state index is 13.0. The Morgan fingerprint density at radius 3 is 2.81 bits per heavy atom. The Labute approximate surface area is 151 Å². The van der Waals surface area contributed by atoms with E-state index in [0.717, 1.165) is 36.2 Å². The summed E-state index contributed by atoms with van der Waals surface area (Å²) in [6, 6.07) is 1.89. The summed E-state index contributed by atoms with van der Waals surface area (Å²) < 4.78 is 7.12. The molecular formula is C19H23N5O2. The number of aromatic nitrogens is 4. The molecule has 26 heavy (non-hydrogen) atoms. The lowest BCUT2D eigenvalue weighted by Crippen LogP contribution is -2.34. The largest absolute Gasteiger partial charge is 0.349 e. The highest BCUT2D eigenvalue weighted by atomic mass is 16.5. The van der Waals surface area contributed by atoms with Gasteiger partial charge >= 0.3 is 0 Å². The number of pyridine rings is 1. The molecule has 0 aliphatic heterocycles. The molecule has 3 aromatic heterocycles. The molecule has 1 unspecified atom stereocenters. The fourth-order valence-corrected chi connectivity index (χ4v) is 3.41. The van der Waals surface area contributed by atoms with Crippen molar-refractivity contribution in [3.05, 3.63) is 40.5 Å². The Morgan fingerprint density at radius 2 is 2.15 bits per heavy atom. The fraction of sp³-hybridized carbons (Fsp3) is 0.474. The van der Waals surface area contributed by atoms with E-state index in [1.165, 1.54) is 0 Å². The highest BCUT2D eigenvalue weighted by Crippen LogP contribution is 2.40. The average molecular weight is 353 g/mol. The molecule has 1 aliphatic carbocycles. The number of hydrogen-bond acceptors (Lipinski definition) is 5. The van der Waals surface area contributed by atoms with Gasteiger partial charge in [-0.05, 0) is 51.7 Å². The summed E-state index contributed by atoms with van der Waals surface area (Å²) in [5.74, 6) is 0.325. The summed E-state index contributed by atoms with van der Waals surface area (Å²) >= 11 is 0. The van der Waals surface area contributed by atoms with Crippen LogP contribution in [0.2, 0.25) is 0 Å². The lowest BCUT2D eigenvalue weighted by atomic mass is 10.1. The first-order valence-electron chi connectivity index (χ1n) is 8.99. The van der Waals surface area contributed by atoms with Crippen LogP contribution < -0.4 is 5.32 Å². The zero-order valence-corrected chi connectivity index (χ0v) is 15.5. The molecule has 0 bridgehead atoms. The normalized spacial score (nSPS) is 15.4. The van der Waals surface area contributed by atoms with Gasteiger partial charge in [0.05, 0.1) is 22.3 Å². The van der Waals surface area contributed by atoms with Gasteiger partial charge < -0.3 is 9.84 Å². The second-order valence-corrected chi connectivity index (χ2v) is 7.31. The van der Waals surface area contributed by atoms with Crippen molar-refractivity contribution in [2.24, 2.45) is 7.05 Å². The van der Waals surface area contributed by atoms with Crippen molar-refractivity contribution in [1.82, 2.24) is 25.2 Å². The van der Waals surface area contributed by atoms with Crippen LogP contribution in [0.25, 0.3) is 11.1 Å². The maximum absolute atomic E-state index is 13.0. The molecule has 3 aromatic rings. The van der Waals surface area contributed by atoms with Crippen molar-refractivity contribution in [3.8, 4) is 0 Å². The zero-order valence-electron chi connectivity index (χ0n) is 15.5. The van der Waals surface area contributed by atoms with Crippen LogP contribution in [-0.2, 0) is 13.5 Å². The third kappa shape index (κ3) is 3.09. The lowest BCUT2D eigenvalue weighted by molar-refractivity contribution is 0.0941. The van der Waals surface area contributed by atoms with Gasteiger partial charge in [0.15, 0.2) is 0 Å². The zero-order chi connectivity index (χ0) is 18.4. The summed E-state index contributed by atoms with van der Waals surface area (Å²) in [5, 5.41) is 12.2. The van der Waals surface area contributed by atoms with Gasteiger partial charge in [0.2, 0.25) is 0 Å². The molecule has 0 spiro atoms. The van der Waals surface area contributed by atoms with Gasteiger partial charge in [-0.1, -0.05) is 5.16 Å². The van der Waals surface area contributed by atoms with Crippen molar-refractivity contribution in [3.63, 3.8) is 0 Å². The summed E-state index contributed by atoms with van der Waals surface area (Å²) in [7, 11) is 1.90. The molecule has 0 saturated heterocycles. The number of aryl methyl sites for hydroxylation is 3. The van der Waals surface area contributed by atoms with Crippen LogP contribution in [0, 0.1) is 13.8 Å². The van der Waals surface area contributed by atoms with Crippen LogP contribution in [0.4, 0.5) is 0 Å². The van der Waals surface area contributed by atoms with Crippen molar-refractivity contribution < 1.29 is 9.32 Å². The quantitative estimate of drug-likeness (QED) is 0.762. The van der Waals surface area contributed by atoms with Crippen LogP contribution in [0.3, 0.4) is 0 Å². The molecule has 136 valence electrons. The number of hydrogen-bond donors (Lipinski definition) is 1. The number of carbonyl (C=O) groups excluding carboxylic acids is 1. The third-order valence-corrected chi connectivity index (χ3v) is 4.90. The number of nitrogens with one attached hydrogen (secondary N) is 1. The molecule has 1 fully saturated rings. The monoisotopic (exact) mass is 353 g/mol. The van der Waals surface area contributed by atoms with E-state index in [1.807, 2.05) is 40.1 Å². The van der Waals surface area contributed by atoms with Crippen molar-refractivity contribution >= 4 is 17.0 Å². The number of amides is 1. The van der Waals surface area contributed by atoms with Crippen LogP contribution in [-0.4, -0.2) is 31.9 Å². The molecule has 4 rings (SSSR count). The topological polar surface area (TPSA) is 85.8 Å². The minimum absolute atomic E-state index is 0.0156. The van der Waals surface area contributed by atoms with Gasteiger partial charge in [-0.15, -0.1) is 0 Å². The van der Waals surface area contributed by atoms with Crippen molar-refractivity contribution in [2.45, 2.75) is 52.0 Å². The van der Waals surface area contributed by atoms with Gasteiger partial charge in [-0.3, -0.25) is 9.48 Å². The first-order valence-corrected chi connectivity index (χ1v) is 8.99. The lowest BCUT2D eigenvalue weighted by Gasteiger charge is -2.14. The molecule has 7 heteroatoms. The molecule has 1 aliphatic rings.